The molecule has 9 heteroatoms. The number of nitrogens with one attached hydrogen (secondary N) is 2. The van der Waals surface area contributed by atoms with Gasteiger partial charge in [0.05, 0.1) is 13.1 Å². The van der Waals surface area contributed by atoms with E-state index in [1.165, 1.54) is 0 Å². The van der Waals surface area contributed by atoms with Gasteiger partial charge in [-0.25, -0.2) is 15.0 Å². The fraction of sp³-hybridized carbons (Fsp3) is 0.444. The van der Waals surface area contributed by atoms with Crippen LogP contribution in [0.25, 0.3) is 5.82 Å². The zero-order valence-electron chi connectivity index (χ0n) is 15.5. The molecule has 1 amide bonds. The van der Waals surface area contributed by atoms with Crippen molar-refractivity contribution in [2.75, 3.05) is 26.2 Å². The number of likely N-dealkylation sites (tertiary alicyclic amines) is 1. The SMILES string of the molecule is CCNC(=NCc1ccc(-n2ccnc2)nc1)NCC(=O)N1CCCC1.I. The lowest BCUT2D eigenvalue weighted by Gasteiger charge is -2.17. The van der Waals surface area contributed by atoms with Crippen LogP contribution in [0.15, 0.2) is 42.0 Å². The van der Waals surface area contributed by atoms with E-state index < -0.39 is 0 Å². The Morgan fingerprint density at radius 1 is 1.26 bits per heavy atom. The summed E-state index contributed by atoms with van der Waals surface area (Å²) in [5.74, 6) is 1.58. The molecule has 0 saturated carbocycles. The number of guanidine groups is 1. The zero-order valence-corrected chi connectivity index (χ0v) is 17.8. The maximum atomic E-state index is 12.1. The summed E-state index contributed by atoms with van der Waals surface area (Å²) in [5, 5.41) is 6.28. The van der Waals surface area contributed by atoms with Gasteiger partial charge in [0.15, 0.2) is 5.96 Å². The molecule has 1 fully saturated rings. The van der Waals surface area contributed by atoms with Crippen LogP contribution in [-0.2, 0) is 11.3 Å². The minimum Gasteiger partial charge on any atom is -0.357 e. The number of carbonyl (C=O) groups is 1. The highest BCUT2D eigenvalue weighted by molar-refractivity contribution is 14.0. The molecule has 0 spiro atoms. The second kappa shape index (κ2) is 10.9. The second-order valence-corrected chi connectivity index (χ2v) is 6.13. The van der Waals surface area contributed by atoms with Gasteiger partial charge in [-0.05, 0) is 31.4 Å². The molecule has 2 aromatic heterocycles. The third-order valence-corrected chi connectivity index (χ3v) is 4.21. The molecule has 1 saturated heterocycles. The quantitative estimate of drug-likeness (QED) is 0.370. The molecule has 146 valence electrons. The zero-order chi connectivity index (χ0) is 18.2. The number of aliphatic imine (C=N–C) groups is 1. The number of aromatic nitrogens is 3. The lowest BCUT2D eigenvalue weighted by molar-refractivity contribution is -0.128. The number of carbonyl (C=O) groups excluding carboxylic acids is 1. The van der Waals surface area contributed by atoms with E-state index in [0.29, 0.717) is 12.5 Å². The molecule has 0 atom stereocenters. The first kappa shape index (κ1) is 21.1. The summed E-state index contributed by atoms with van der Waals surface area (Å²) in [6.45, 7) is 5.23. The maximum Gasteiger partial charge on any atom is 0.241 e. The van der Waals surface area contributed by atoms with Crippen molar-refractivity contribution in [1.82, 2.24) is 30.1 Å². The maximum absolute atomic E-state index is 12.1. The minimum atomic E-state index is 0. The van der Waals surface area contributed by atoms with E-state index in [9.17, 15) is 4.79 Å². The van der Waals surface area contributed by atoms with Gasteiger partial charge in [0.2, 0.25) is 5.91 Å². The highest BCUT2D eigenvalue weighted by Crippen LogP contribution is 2.07. The summed E-state index contributed by atoms with van der Waals surface area (Å²) in [7, 11) is 0. The number of nitrogens with zero attached hydrogens (tertiary/aromatic N) is 5. The van der Waals surface area contributed by atoms with Crippen molar-refractivity contribution in [2.45, 2.75) is 26.3 Å². The van der Waals surface area contributed by atoms with E-state index in [1.807, 2.05) is 34.7 Å². The number of halogens is 1. The monoisotopic (exact) mass is 483 g/mol. The number of pyridine rings is 1. The van der Waals surface area contributed by atoms with Crippen LogP contribution in [0.1, 0.15) is 25.3 Å². The molecule has 2 aromatic rings. The summed E-state index contributed by atoms with van der Waals surface area (Å²) in [4.78, 5) is 27.0. The third-order valence-electron chi connectivity index (χ3n) is 4.21. The van der Waals surface area contributed by atoms with Crippen LogP contribution in [-0.4, -0.2) is 57.5 Å². The molecule has 0 unspecified atom stereocenters. The summed E-state index contributed by atoms with van der Waals surface area (Å²) >= 11 is 0. The van der Waals surface area contributed by atoms with Crippen molar-refractivity contribution in [3.63, 3.8) is 0 Å². The Hall–Kier alpha value is -2.17. The van der Waals surface area contributed by atoms with E-state index >= 15 is 0 Å². The molecule has 0 aliphatic carbocycles. The van der Waals surface area contributed by atoms with Crippen LogP contribution in [0.5, 0.6) is 0 Å². The standard InChI is InChI=1S/C18H25N7O.HI/c1-2-20-18(23-13-17(26)24-8-3-4-9-24)22-12-15-5-6-16(21-11-15)25-10-7-19-14-25;/h5-7,10-11,14H,2-4,8-9,12-13H2,1H3,(H2,20,22,23);1H. The van der Waals surface area contributed by atoms with Crippen LogP contribution >= 0.6 is 24.0 Å². The molecular weight excluding hydrogens is 457 g/mol. The van der Waals surface area contributed by atoms with E-state index in [0.717, 1.165) is 43.9 Å². The largest absolute Gasteiger partial charge is 0.357 e. The van der Waals surface area contributed by atoms with Crippen molar-refractivity contribution in [3.8, 4) is 5.82 Å². The van der Waals surface area contributed by atoms with E-state index in [4.69, 9.17) is 0 Å². The molecule has 3 heterocycles. The first-order valence-corrected chi connectivity index (χ1v) is 8.99. The highest BCUT2D eigenvalue weighted by atomic mass is 127. The summed E-state index contributed by atoms with van der Waals surface area (Å²) in [6.07, 6.45) is 9.29. The number of amides is 1. The summed E-state index contributed by atoms with van der Waals surface area (Å²) in [5.41, 5.74) is 0.997. The van der Waals surface area contributed by atoms with Gasteiger partial charge < -0.3 is 15.5 Å². The molecule has 27 heavy (non-hydrogen) atoms. The fourth-order valence-corrected chi connectivity index (χ4v) is 2.81. The average molecular weight is 483 g/mol. The Morgan fingerprint density at radius 3 is 2.70 bits per heavy atom. The van der Waals surface area contributed by atoms with Gasteiger partial charge in [-0.15, -0.1) is 24.0 Å². The van der Waals surface area contributed by atoms with E-state index in [1.54, 1.807) is 18.7 Å². The van der Waals surface area contributed by atoms with E-state index in [-0.39, 0.29) is 36.4 Å². The first-order chi connectivity index (χ1) is 12.8. The normalized spacial score (nSPS) is 14.0. The summed E-state index contributed by atoms with van der Waals surface area (Å²) in [6, 6.07) is 3.93. The second-order valence-electron chi connectivity index (χ2n) is 6.13. The van der Waals surface area contributed by atoms with Crippen molar-refractivity contribution in [3.05, 3.63) is 42.6 Å². The van der Waals surface area contributed by atoms with Gasteiger partial charge in [-0.2, -0.15) is 0 Å². The van der Waals surface area contributed by atoms with Crippen LogP contribution in [0, 0.1) is 0 Å². The Labute approximate surface area is 176 Å². The average Bonchev–Trinajstić information content (AvgIpc) is 3.38. The Bertz CT molecular complexity index is 725. The molecule has 1 aliphatic heterocycles. The van der Waals surface area contributed by atoms with Crippen molar-refractivity contribution in [2.24, 2.45) is 4.99 Å². The molecule has 0 aromatic carbocycles. The van der Waals surface area contributed by atoms with Gasteiger partial charge in [-0.3, -0.25) is 9.36 Å². The highest BCUT2D eigenvalue weighted by Gasteiger charge is 2.17. The fourth-order valence-electron chi connectivity index (χ4n) is 2.81. The van der Waals surface area contributed by atoms with E-state index in [2.05, 4.69) is 25.6 Å². The molecule has 8 nitrogen and oxygen atoms in total. The van der Waals surface area contributed by atoms with Crippen molar-refractivity contribution in [1.29, 1.82) is 0 Å². The van der Waals surface area contributed by atoms with Gasteiger partial charge in [0.25, 0.3) is 0 Å². The predicted octanol–water partition coefficient (Wildman–Crippen LogP) is 1.56. The molecule has 3 rings (SSSR count). The Balaban J connectivity index is 0.00000261. The first-order valence-electron chi connectivity index (χ1n) is 8.99. The number of imidazole rings is 1. The number of hydrogen-bond donors (Lipinski definition) is 2. The molecular formula is C18H26IN7O. The van der Waals surface area contributed by atoms with Crippen LogP contribution in [0.3, 0.4) is 0 Å². The van der Waals surface area contributed by atoms with Gasteiger partial charge in [-0.1, -0.05) is 6.07 Å². The van der Waals surface area contributed by atoms with Gasteiger partial charge in [0.1, 0.15) is 12.1 Å². The molecule has 2 N–H and O–H groups in total. The van der Waals surface area contributed by atoms with Crippen molar-refractivity contribution < 1.29 is 4.79 Å². The van der Waals surface area contributed by atoms with Crippen molar-refractivity contribution >= 4 is 35.8 Å². The molecule has 1 aliphatic rings. The topological polar surface area (TPSA) is 87.4 Å². The lowest BCUT2D eigenvalue weighted by Crippen LogP contribution is -2.44. The smallest absolute Gasteiger partial charge is 0.241 e. The molecule has 0 radical (unpaired) electrons. The van der Waals surface area contributed by atoms with Crippen LogP contribution in [0.4, 0.5) is 0 Å². The summed E-state index contributed by atoms with van der Waals surface area (Å²) < 4.78 is 1.85. The number of rotatable bonds is 6. The molecule has 0 bridgehead atoms. The third kappa shape index (κ3) is 6.19. The minimum absolute atomic E-state index is 0. The van der Waals surface area contributed by atoms with Gasteiger partial charge >= 0.3 is 0 Å². The lowest BCUT2D eigenvalue weighted by atomic mass is 10.3. The Morgan fingerprint density at radius 2 is 2.07 bits per heavy atom. The van der Waals surface area contributed by atoms with Crippen LogP contribution in [0.2, 0.25) is 0 Å². The van der Waals surface area contributed by atoms with Crippen LogP contribution < -0.4 is 10.6 Å². The number of hydrogen-bond acceptors (Lipinski definition) is 4. The Kier molecular flexibility index (Phi) is 8.49. The predicted molar refractivity (Wildman–Crippen MR) is 115 cm³/mol. The van der Waals surface area contributed by atoms with Gasteiger partial charge in [0, 0.05) is 38.2 Å².